The first-order valence-electron chi connectivity index (χ1n) is 10.6. The van der Waals surface area contributed by atoms with E-state index in [0.717, 1.165) is 56.2 Å². The van der Waals surface area contributed by atoms with Gasteiger partial charge >= 0.3 is 0 Å². The Morgan fingerprint density at radius 3 is 2.90 bits per heavy atom. The molecule has 1 aliphatic rings. The highest BCUT2D eigenvalue weighted by atomic mass is 127. The molecule has 3 aromatic rings. The number of benzene rings is 1. The van der Waals surface area contributed by atoms with Crippen LogP contribution in [-0.2, 0) is 6.42 Å². The number of aliphatic imine (C=N–C) groups is 1. The summed E-state index contributed by atoms with van der Waals surface area (Å²) in [5.74, 6) is 1.63. The number of likely N-dealkylation sites (tertiary alicyclic amines) is 1. The quantitative estimate of drug-likeness (QED) is 0.314. The Labute approximate surface area is 195 Å². The number of piperidine rings is 1. The van der Waals surface area contributed by atoms with Gasteiger partial charge in [0, 0.05) is 56.1 Å². The topological polar surface area (TPSA) is 58.3 Å². The third-order valence-electron chi connectivity index (χ3n) is 5.75. The molecule has 1 aromatic carbocycles. The Hall–Kier alpha value is -2.16. The Morgan fingerprint density at radius 1 is 1.23 bits per heavy atom. The third kappa shape index (κ3) is 5.30. The molecule has 30 heavy (non-hydrogen) atoms. The second-order valence-electron chi connectivity index (χ2n) is 7.77. The number of nitrogens with zero attached hydrogens (tertiary/aromatic N) is 5. The number of aromatic nitrogens is 3. The number of imidazole rings is 1. The second-order valence-corrected chi connectivity index (χ2v) is 7.77. The fraction of sp³-hybridized carbons (Fsp3) is 0.435. The Balaban J connectivity index is 0.00000256. The highest BCUT2D eigenvalue weighted by Crippen LogP contribution is 2.27. The van der Waals surface area contributed by atoms with E-state index in [4.69, 9.17) is 9.98 Å². The lowest BCUT2D eigenvalue weighted by Gasteiger charge is -2.39. The van der Waals surface area contributed by atoms with Crippen molar-refractivity contribution < 1.29 is 0 Å². The average molecular weight is 518 g/mol. The lowest BCUT2D eigenvalue weighted by Crippen LogP contribution is -2.49. The highest BCUT2D eigenvalue weighted by Gasteiger charge is 2.28. The molecule has 1 saturated heterocycles. The molecule has 0 aliphatic carbocycles. The molecule has 0 amide bonds. The minimum atomic E-state index is 0. The number of para-hydroxylation sites is 1. The van der Waals surface area contributed by atoms with E-state index in [1.165, 1.54) is 5.39 Å². The molecule has 4 rings (SSSR count). The van der Waals surface area contributed by atoms with Crippen LogP contribution in [0.2, 0.25) is 0 Å². The van der Waals surface area contributed by atoms with Gasteiger partial charge in [-0.15, -0.1) is 24.0 Å². The van der Waals surface area contributed by atoms with Crippen LogP contribution in [0, 0.1) is 5.92 Å². The van der Waals surface area contributed by atoms with E-state index in [9.17, 15) is 0 Å². The average Bonchev–Trinajstić information content (AvgIpc) is 3.28. The van der Waals surface area contributed by atoms with Crippen LogP contribution in [0.5, 0.6) is 0 Å². The minimum Gasteiger partial charge on any atom is -0.357 e. The number of hydrogen-bond donors (Lipinski definition) is 1. The molecule has 1 N–H and O–H groups in total. The standard InChI is InChI=1S/C23H30N6.HI/c1-3-25-23(28-14-11-18(2)22(16-28)29-15-13-24-17-29)26-12-10-20-9-8-19-6-4-5-7-21(19)27-20;/h4-9,13,15,17-18,22H,3,10-12,14,16H2,1-2H3,(H,25,26);1H. The van der Waals surface area contributed by atoms with Crippen molar-refractivity contribution in [3.63, 3.8) is 0 Å². The molecule has 1 fully saturated rings. The molecule has 6 nitrogen and oxygen atoms in total. The van der Waals surface area contributed by atoms with Crippen LogP contribution in [0.25, 0.3) is 10.9 Å². The molecular weight excluding hydrogens is 487 g/mol. The van der Waals surface area contributed by atoms with Crippen molar-refractivity contribution >= 4 is 40.8 Å². The Kier molecular flexibility index (Phi) is 8.07. The lowest BCUT2D eigenvalue weighted by molar-refractivity contribution is 0.189. The van der Waals surface area contributed by atoms with E-state index in [0.29, 0.717) is 12.0 Å². The summed E-state index contributed by atoms with van der Waals surface area (Å²) in [6, 6.07) is 12.9. The van der Waals surface area contributed by atoms with Gasteiger partial charge in [-0.3, -0.25) is 9.98 Å². The second kappa shape index (κ2) is 10.7. The number of rotatable bonds is 5. The van der Waals surface area contributed by atoms with Gasteiger partial charge in [-0.25, -0.2) is 4.98 Å². The molecule has 2 atom stereocenters. The smallest absolute Gasteiger partial charge is 0.193 e. The van der Waals surface area contributed by atoms with E-state index in [2.05, 4.69) is 64.1 Å². The summed E-state index contributed by atoms with van der Waals surface area (Å²) >= 11 is 0. The van der Waals surface area contributed by atoms with E-state index < -0.39 is 0 Å². The van der Waals surface area contributed by atoms with E-state index in [1.807, 2.05) is 24.7 Å². The fourth-order valence-electron chi connectivity index (χ4n) is 4.04. The summed E-state index contributed by atoms with van der Waals surface area (Å²) in [5.41, 5.74) is 2.14. The van der Waals surface area contributed by atoms with Gasteiger partial charge < -0.3 is 14.8 Å². The summed E-state index contributed by atoms with van der Waals surface area (Å²) in [6.45, 7) is 8.05. The van der Waals surface area contributed by atoms with Crippen LogP contribution < -0.4 is 5.32 Å². The van der Waals surface area contributed by atoms with Crippen molar-refractivity contribution in [1.29, 1.82) is 0 Å². The maximum atomic E-state index is 4.92. The monoisotopic (exact) mass is 518 g/mol. The summed E-state index contributed by atoms with van der Waals surface area (Å²) < 4.78 is 2.24. The van der Waals surface area contributed by atoms with Gasteiger partial charge in [0.15, 0.2) is 5.96 Å². The van der Waals surface area contributed by atoms with Crippen molar-refractivity contribution in [3.8, 4) is 0 Å². The predicted molar refractivity (Wildman–Crippen MR) is 133 cm³/mol. The molecule has 160 valence electrons. The molecule has 7 heteroatoms. The molecule has 2 unspecified atom stereocenters. The summed E-state index contributed by atoms with van der Waals surface area (Å²) in [4.78, 5) is 16.3. The van der Waals surface area contributed by atoms with Crippen LogP contribution in [0.4, 0.5) is 0 Å². The molecule has 0 bridgehead atoms. The largest absolute Gasteiger partial charge is 0.357 e. The molecule has 0 saturated carbocycles. The number of guanidine groups is 1. The summed E-state index contributed by atoms with van der Waals surface area (Å²) in [7, 11) is 0. The molecule has 3 heterocycles. The van der Waals surface area contributed by atoms with Crippen LogP contribution in [0.1, 0.15) is 32.0 Å². The van der Waals surface area contributed by atoms with Crippen molar-refractivity contribution in [2.45, 2.75) is 32.7 Å². The van der Waals surface area contributed by atoms with E-state index >= 15 is 0 Å². The Bertz CT molecular complexity index is 955. The van der Waals surface area contributed by atoms with Crippen LogP contribution >= 0.6 is 24.0 Å². The van der Waals surface area contributed by atoms with Gasteiger partial charge in [-0.1, -0.05) is 31.2 Å². The van der Waals surface area contributed by atoms with E-state index in [1.54, 1.807) is 0 Å². The van der Waals surface area contributed by atoms with Crippen molar-refractivity contribution in [2.75, 3.05) is 26.2 Å². The van der Waals surface area contributed by atoms with Crippen molar-refractivity contribution in [3.05, 3.63) is 60.8 Å². The van der Waals surface area contributed by atoms with Gasteiger partial charge in [-0.05, 0) is 31.4 Å². The number of nitrogens with one attached hydrogen (secondary N) is 1. The van der Waals surface area contributed by atoms with Crippen LogP contribution in [0.15, 0.2) is 60.1 Å². The SMILES string of the molecule is CCNC(=NCCc1ccc2ccccc2n1)N1CCC(C)C(n2ccnc2)C1.I. The first kappa shape index (κ1) is 22.5. The number of hydrogen-bond acceptors (Lipinski definition) is 3. The van der Waals surface area contributed by atoms with Gasteiger partial charge in [0.05, 0.1) is 17.9 Å². The number of pyridine rings is 1. The molecular formula is C23H31IN6. The van der Waals surface area contributed by atoms with Gasteiger partial charge in [0.25, 0.3) is 0 Å². The molecule has 2 aromatic heterocycles. The van der Waals surface area contributed by atoms with Crippen LogP contribution in [0.3, 0.4) is 0 Å². The number of fused-ring (bicyclic) bond motifs is 1. The maximum Gasteiger partial charge on any atom is 0.193 e. The lowest BCUT2D eigenvalue weighted by atomic mass is 9.93. The molecule has 0 radical (unpaired) electrons. The molecule has 1 aliphatic heterocycles. The molecule has 0 spiro atoms. The number of halogens is 1. The minimum absolute atomic E-state index is 0. The van der Waals surface area contributed by atoms with Crippen molar-refractivity contribution in [1.82, 2.24) is 24.8 Å². The zero-order chi connectivity index (χ0) is 20.1. The highest BCUT2D eigenvalue weighted by molar-refractivity contribution is 14.0. The summed E-state index contributed by atoms with van der Waals surface area (Å²) in [6.07, 6.45) is 7.86. The van der Waals surface area contributed by atoms with Gasteiger partial charge in [-0.2, -0.15) is 0 Å². The normalized spacial score (nSPS) is 19.5. The predicted octanol–water partition coefficient (Wildman–Crippen LogP) is 4.14. The first-order chi connectivity index (χ1) is 14.2. The first-order valence-corrected chi connectivity index (χ1v) is 10.6. The van der Waals surface area contributed by atoms with E-state index in [-0.39, 0.29) is 24.0 Å². The summed E-state index contributed by atoms with van der Waals surface area (Å²) in [5, 5.41) is 4.66. The zero-order valence-corrected chi connectivity index (χ0v) is 20.1. The zero-order valence-electron chi connectivity index (χ0n) is 17.7. The maximum absolute atomic E-state index is 4.92. The van der Waals surface area contributed by atoms with Crippen molar-refractivity contribution in [2.24, 2.45) is 10.9 Å². The van der Waals surface area contributed by atoms with Crippen LogP contribution in [-0.4, -0.2) is 51.6 Å². The van der Waals surface area contributed by atoms with Gasteiger partial charge in [0.1, 0.15) is 0 Å². The van der Waals surface area contributed by atoms with Gasteiger partial charge in [0.2, 0.25) is 0 Å². The fourth-order valence-corrected chi connectivity index (χ4v) is 4.04. The third-order valence-corrected chi connectivity index (χ3v) is 5.75. The Morgan fingerprint density at radius 2 is 2.10 bits per heavy atom.